The van der Waals surface area contributed by atoms with Crippen molar-refractivity contribution in [3.8, 4) is 22.6 Å². The lowest BCUT2D eigenvalue weighted by Gasteiger charge is -2.09. The zero-order chi connectivity index (χ0) is 13.1. The summed E-state index contributed by atoms with van der Waals surface area (Å²) < 4.78 is 10.3. The van der Waals surface area contributed by atoms with E-state index in [2.05, 4.69) is 10.2 Å². The molecule has 18 heavy (non-hydrogen) atoms. The van der Waals surface area contributed by atoms with E-state index < -0.39 is 11.1 Å². The van der Waals surface area contributed by atoms with Gasteiger partial charge in [-0.05, 0) is 18.2 Å². The third-order valence-corrected chi connectivity index (χ3v) is 2.52. The number of hydrogen-bond donors (Lipinski definition) is 2. The van der Waals surface area contributed by atoms with Gasteiger partial charge in [0.05, 0.1) is 19.8 Å². The second kappa shape index (κ2) is 4.79. The fourth-order valence-electron chi connectivity index (χ4n) is 1.64. The van der Waals surface area contributed by atoms with Crippen molar-refractivity contribution in [1.29, 1.82) is 0 Å². The SMILES string of the molecule is COc1ccc(OC)c(-c2cc(=O)[nH][nH]c2=O)c1. The van der Waals surface area contributed by atoms with Crippen molar-refractivity contribution in [3.05, 3.63) is 45.0 Å². The van der Waals surface area contributed by atoms with Gasteiger partial charge in [-0.2, -0.15) is 0 Å². The molecule has 0 aliphatic heterocycles. The summed E-state index contributed by atoms with van der Waals surface area (Å²) in [5, 5.41) is 4.48. The van der Waals surface area contributed by atoms with Gasteiger partial charge in [0.1, 0.15) is 11.5 Å². The van der Waals surface area contributed by atoms with Crippen LogP contribution in [0.5, 0.6) is 11.5 Å². The Balaban J connectivity index is 2.72. The molecule has 0 aliphatic rings. The summed E-state index contributed by atoms with van der Waals surface area (Å²) in [6.07, 6.45) is 0. The van der Waals surface area contributed by atoms with E-state index in [1.54, 1.807) is 18.2 Å². The molecule has 1 heterocycles. The van der Waals surface area contributed by atoms with Crippen molar-refractivity contribution in [2.45, 2.75) is 0 Å². The van der Waals surface area contributed by atoms with Crippen LogP contribution in [0.2, 0.25) is 0 Å². The van der Waals surface area contributed by atoms with E-state index in [9.17, 15) is 9.59 Å². The quantitative estimate of drug-likeness (QED) is 0.839. The van der Waals surface area contributed by atoms with E-state index in [1.807, 2.05) is 0 Å². The van der Waals surface area contributed by atoms with Crippen LogP contribution in [0.4, 0.5) is 0 Å². The van der Waals surface area contributed by atoms with E-state index in [-0.39, 0.29) is 5.56 Å². The molecular weight excluding hydrogens is 236 g/mol. The third-order valence-electron chi connectivity index (χ3n) is 2.52. The summed E-state index contributed by atoms with van der Waals surface area (Å²) in [7, 11) is 3.01. The maximum Gasteiger partial charge on any atom is 0.270 e. The molecule has 6 heteroatoms. The molecular formula is C12H12N2O4. The maximum atomic E-state index is 11.7. The van der Waals surface area contributed by atoms with Crippen molar-refractivity contribution in [2.24, 2.45) is 0 Å². The monoisotopic (exact) mass is 248 g/mol. The minimum absolute atomic E-state index is 0.231. The number of aromatic nitrogens is 2. The number of rotatable bonds is 3. The lowest BCUT2D eigenvalue weighted by molar-refractivity contribution is 0.404. The van der Waals surface area contributed by atoms with Gasteiger partial charge in [0.2, 0.25) is 0 Å². The van der Waals surface area contributed by atoms with Crippen LogP contribution in [0.15, 0.2) is 33.9 Å². The molecule has 0 saturated carbocycles. The highest BCUT2D eigenvalue weighted by Gasteiger charge is 2.11. The van der Waals surface area contributed by atoms with E-state index in [1.165, 1.54) is 20.3 Å². The second-order valence-electron chi connectivity index (χ2n) is 3.57. The zero-order valence-electron chi connectivity index (χ0n) is 9.94. The molecule has 1 aromatic heterocycles. The van der Waals surface area contributed by atoms with Gasteiger partial charge in [0, 0.05) is 11.6 Å². The van der Waals surface area contributed by atoms with E-state index in [4.69, 9.17) is 9.47 Å². The predicted molar refractivity (Wildman–Crippen MR) is 66.2 cm³/mol. The first-order valence-corrected chi connectivity index (χ1v) is 5.20. The molecule has 0 aliphatic carbocycles. The molecule has 0 fully saturated rings. The van der Waals surface area contributed by atoms with Crippen LogP contribution < -0.4 is 20.6 Å². The van der Waals surface area contributed by atoms with Crippen LogP contribution in [0.3, 0.4) is 0 Å². The number of methoxy groups -OCH3 is 2. The molecule has 6 nitrogen and oxygen atoms in total. The first kappa shape index (κ1) is 12.0. The maximum absolute atomic E-state index is 11.7. The van der Waals surface area contributed by atoms with Gasteiger partial charge < -0.3 is 9.47 Å². The van der Waals surface area contributed by atoms with Gasteiger partial charge in [0.15, 0.2) is 0 Å². The van der Waals surface area contributed by atoms with Crippen molar-refractivity contribution < 1.29 is 9.47 Å². The van der Waals surface area contributed by atoms with Gasteiger partial charge in [-0.25, -0.2) is 0 Å². The Labute approximate surface area is 102 Å². The highest BCUT2D eigenvalue weighted by atomic mass is 16.5. The molecule has 2 N–H and O–H groups in total. The van der Waals surface area contributed by atoms with Crippen LogP contribution in [0, 0.1) is 0 Å². The number of H-pyrrole nitrogens is 2. The number of ether oxygens (including phenoxy) is 2. The summed E-state index contributed by atoms with van der Waals surface area (Å²) in [6.45, 7) is 0. The first-order valence-electron chi connectivity index (χ1n) is 5.20. The minimum atomic E-state index is -0.402. The summed E-state index contributed by atoms with van der Waals surface area (Å²) in [5.74, 6) is 1.07. The van der Waals surface area contributed by atoms with E-state index >= 15 is 0 Å². The fourth-order valence-corrected chi connectivity index (χ4v) is 1.64. The van der Waals surface area contributed by atoms with Crippen LogP contribution in [0.25, 0.3) is 11.1 Å². The normalized spacial score (nSPS) is 10.1. The molecule has 0 bridgehead atoms. The summed E-state index contributed by atoms with van der Waals surface area (Å²) in [4.78, 5) is 23.0. The Morgan fingerprint density at radius 1 is 0.944 bits per heavy atom. The number of aromatic amines is 2. The van der Waals surface area contributed by atoms with Crippen LogP contribution in [-0.2, 0) is 0 Å². The van der Waals surface area contributed by atoms with Gasteiger partial charge in [0.25, 0.3) is 11.1 Å². The topological polar surface area (TPSA) is 84.2 Å². The molecule has 1 aromatic carbocycles. The largest absolute Gasteiger partial charge is 0.497 e. The van der Waals surface area contributed by atoms with Crippen LogP contribution >= 0.6 is 0 Å². The first-order chi connectivity index (χ1) is 8.65. The Morgan fingerprint density at radius 2 is 1.72 bits per heavy atom. The number of benzene rings is 1. The van der Waals surface area contributed by atoms with E-state index in [0.29, 0.717) is 17.1 Å². The molecule has 94 valence electrons. The molecule has 2 aromatic rings. The lowest BCUT2D eigenvalue weighted by atomic mass is 10.1. The molecule has 0 amide bonds. The Bertz CT molecular complexity index is 672. The van der Waals surface area contributed by atoms with Crippen molar-refractivity contribution >= 4 is 0 Å². The van der Waals surface area contributed by atoms with Gasteiger partial charge in [-0.15, -0.1) is 0 Å². The Kier molecular flexibility index (Phi) is 3.18. The summed E-state index contributed by atoms with van der Waals surface area (Å²) in [6, 6.07) is 6.25. The van der Waals surface area contributed by atoms with Crippen molar-refractivity contribution in [2.75, 3.05) is 14.2 Å². The molecule has 2 rings (SSSR count). The summed E-state index contributed by atoms with van der Waals surface area (Å²) in [5.41, 5.74) is -0.0608. The van der Waals surface area contributed by atoms with Gasteiger partial charge in [-0.3, -0.25) is 19.8 Å². The number of nitrogens with one attached hydrogen (secondary N) is 2. The summed E-state index contributed by atoms with van der Waals surface area (Å²) >= 11 is 0. The third kappa shape index (κ3) is 2.13. The highest BCUT2D eigenvalue weighted by molar-refractivity contribution is 5.71. The highest BCUT2D eigenvalue weighted by Crippen LogP contribution is 2.30. The van der Waals surface area contributed by atoms with Crippen molar-refractivity contribution in [1.82, 2.24) is 10.2 Å². The second-order valence-corrected chi connectivity index (χ2v) is 3.57. The van der Waals surface area contributed by atoms with Crippen molar-refractivity contribution in [3.63, 3.8) is 0 Å². The number of hydrogen-bond acceptors (Lipinski definition) is 4. The molecule has 0 radical (unpaired) electrons. The Morgan fingerprint density at radius 3 is 2.39 bits per heavy atom. The van der Waals surface area contributed by atoms with Crippen LogP contribution in [-0.4, -0.2) is 24.4 Å². The average molecular weight is 248 g/mol. The molecule has 0 saturated heterocycles. The smallest absolute Gasteiger partial charge is 0.270 e. The lowest BCUT2D eigenvalue weighted by Crippen LogP contribution is -2.19. The van der Waals surface area contributed by atoms with Gasteiger partial charge in [-0.1, -0.05) is 0 Å². The Hall–Kier alpha value is -2.50. The predicted octanol–water partition coefficient (Wildman–Crippen LogP) is 0.747. The van der Waals surface area contributed by atoms with Crippen LogP contribution in [0.1, 0.15) is 0 Å². The molecule has 0 atom stereocenters. The molecule has 0 spiro atoms. The average Bonchev–Trinajstić information content (AvgIpc) is 2.40. The van der Waals surface area contributed by atoms with E-state index in [0.717, 1.165) is 0 Å². The zero-order valence-corrected chi connectivity index (χ0v) is 9.94. The minimum Gasteiger partial charge on any atom is -0.497 e. The fraction of sp³-hybridized carbons (Fsp3) is 0.167. The standard InChI is InChI=1S/C12H12N2O4/c1-17-7-3-4-10(18-2)8(5-7)9-6-11(15)13-14-12(9)16/h3-6H,1-2H3,(H,13,15)(H,14,16). The molecule has 0 unspecified atom stereocenters. The van der Waals surface area contributed by atoms with Gasteiger partial charge >= 0.3 is 0 Å².